The summed E-state index contributed by atoms with van der Waals surface area (Å²) >= 11 is 0. The number of rotatable bonds is 9. The van der Waals surface area contributed by atoms with Crippen LogP contribution in [-0.4, -0.2) is 82.3 Å². The number of nitrogens with zero attached hydrogens (tertiary/aromatic N) is 2. The smallest absolute Gasteiger partial charge is 0.254 e. The van der Waals surface area contributed by atoms with E-state index in [-0.39, 0.29) is 11.8 Å². The molecule has 9 nitrogen and oxygen atoms in total. The van der Waals surface area contributed by atoms with Crippen molar-refractivity contribution < 1.29 is 33.3 Å². The zero-order valence-electron chi connectivity index (χ0n) is 22.8. The molecule has 38 heavy (non-hydrogen) atoms. The average Bonchev–Trinajstić information content (AvgIpc) is 2.95. The highest BCUT2D eigenvalue weighted by atomic mass is 16.5. The van der Waals surface area contributed by atoms with E-state index in [2.05, 4.69) is 0 Å². The molecule has 1 heterocycles. The van der Waals surface area contributed by atoms with E-state index >= 15 is 0 Å². The molecule has 0 radical (unpaired) electrons. The van der Waals surface area contributed by atoms with Gasteiger partial charge in [0.05, 0.1) is 34.5 Å². The number of aryl methyl sites for hydroxylation is 1. The van der Waals surface area contributed by atoms with Crippen LogP contribution in [0.3, 0.4) is 0 Å². The second-order valence-corrected chi connectivity index (χ2v) is 9.03. The fourth-order valence-corrected chi connectivity index (χ4v) is 4.91. The lowest BCUT2D eigenvalue weighted by molar-refractivity contribution is -0.128. The van der Waals surface area contributed by atoms with Gasteiger partial charge in [-0.3, -0.25) is 9.59 Å². The Hall–Kier alpha value is -3.88. The molecular weight excluding hydrogens is 488 g/mol. The number of hydrogen-bond acceptors (Lipinski definition) is 7. The second-order valence-electron chi connectivity index (χ2n) is 9.03. The molecule has 1 aliphatic carbocycles. The van der Waals surface area contributed by atoms with E-state index in [0.29, 0.717) is 74.4 Å². The number of amides is 2. The lowest BCUT2D eigenvalue weighted by atomic mass is 9.91. The minimum Gasteiger partial charge on any atom is -0.493 e. The summed E-state index contributed by atoms with van der Waals surface area (Å²) in [4.78, 5) is 30.2. The van der Waals surface area contributed by atoms with Crippen LogP contribution in [0.2, 0.25) is 0 Å². The zero-order valence-corrected chi connectivity index (χ0v) is 22.8. The van der Waals surface area contributed by atoms with E-state index in [4.69, 9.17) is 23.7 Å². The number of benzene rings is 2. The molecule has 0 aromatic heterocycles. The third-order valence-corrected chi connectivity index (χ3v) is 6.84. The number of piperazine rings is 1. The van der Waals surface area contributed by atoms with Crippen molar-refractivity contribution in [1.29, 1.82) is 0 Å². The van der Waals surface area contributed by atoms with Gasteiger partial charge in [0, 0.05) is 37.3 Å². The zero-order chi connectivity index (χ0) is 27.2. The van der Waals surface area contributed by atoms with Crippen LogP contribution < -0.4 is 23.7 Å². The Morgan fingerprint density at radius 1 is 0.711 bits per heavy atom. The number of fused-ring (bicyclic) bond motifs is 1. The van der Waals surface area contributed by atoms with E-state index in [1.165, 1.54) is 21.3 Å². The third-order valence-electron chi connectivity index (χ3n) is 6.84. The normalized spacial score (nSPS) is 14.8. The van der Waals surface area contributed by atoms with Crippen LogP contribution in [-0.2, 0) is 11.2 Å². The van der Waals surface area contributed by atoms with Crippen molar-refractivity contribution in [3.8, 4) is 28.7 Å². The summed E-state index contributed by atoms with van der Waals surface area (Å²) in [5, 5.41) is 0. The molecule has 2 amide bonds. The van der Waals surface area contributed by atoms with Gasteiger partial charge >= 0.3 is 0 Å². The molecule has 2 aromatic rings. The molecule has 0 spiro atoms. The minimum absolute atomic E-state index is 0.0161. The van der Waals surface area contributed by atoms with E-state index in [1.807, 2.05) is 37.0 Å². The van der Waals surface area contributed by atoms with Gasteiger partial charge in [-0.1, -0.05) is 0 Å². The van der Waals surface area contributed by atoms with Crippen molar-refractivity contribution in [1.82, 2.24) is 9.80 Å². The van der Waals surface area contributed by atoms with Gasteiger partial charge in [-0.25, -0.2) is 0 Å². The number of methoxy groups -OCH3 is 3. The van der Waals surface area contributed by atoms with Gasteiger partial charge < -0.3 is 33.5 Å². The lowest BCUT2D eigenvalue weighted by Gasteiger charge is -2.35. The van der Waals surface area contributed by atoms with E-state index < -0.39 is 0 Å². The predicted octanol–water partition coefficient (Wildman–Crippen LogP) is 3.82. The van der Waals surface area contributed by atoms with Crippen LogP contribution >= 0.6 is 0 Å². The van der Waals surface area contributed by atoms with Crippen molar-refractivity contribution >= 4 is 17.9 Å². The van der Waals surface area contributed by atoms with Crippen LogP contribution in [0.25, 0.3) is 6.08 Å². The Morgan fingerprint density at radius 3 is 1.79 bits per heavy atom. The van der Waals surface area contributed by atoms with E-state index in [0.717, 1.165) is 28.9 Å². The molecule has 1 fully saturated rings. The molecule has 0 saturated carbocycles. The monoisotopic (exact) mass is 524 g/mol. The van der Waals surface area contributed by atoms with Crippen molar-refractivity contribution in [2.45, 2.75) is 26.7 Å². The van der Waals surface area contributed by atoms with E-state index in [9.17, 15) is 9.59 Å². The number of hydrogen-bond donors (Lipinski definition) is 0. The van der Waals surface area contributed by atoms with Gasteiger partial charge in [0.1, 0.15) is 0 Å². The Kier molecular flexibility index (Phi) is 8.66. The van der Waals surface area contributed by atoms with Crippen LogP contribution in [0, 0.1) is 0 Å². The summed E-state index contributed by atoms with van der Waals surface area (Å²) in [6, 6.07) is 7.29. The van der Waals surface area contributed by atoms with Gasteiger partial charge in [-0.05, 0) is 68.2 Å². The molecule has 204 valence electrons. The molecule has 2 aliphatic rings. The molecule has 0 atom stereocenters. The van der Waals surface area contributed by atoms with Gasteiger partial charge in [0.2, 0.25) is 11.7 Å². The highest BCUT2D eigenvalue weighted by Gasteiger charge is 2.29. The van der Waals surface area contributed by atoms with Crippen molar-refractivity contribution in [3.63, 3.8) is 0 Å². The molecule has 9 heteroatoms. The standard InChI is InChI=1S/C29H36N2O7/c1-6-37-23-15-19-8-9-20(14-21(19)16-24(23)38-7-2)28(32)30-10-12-31(13-11-30)29(33)22-17-25(34-3)27(36-5)26(18-22)35-4/h14-18H,6-13H2,1-5H3. The number of carbonyl (C=O) groups is 2. The van der Waals surface area contributed by atoms with E-state index in [1.54, 1.807) is 17.0 Å². The van der Waals surface area contributed by atoms with Crippen molar-refractivity contribution in [2.24, 2.45) is 0 Å². The first kappa shape index (κ1) is 27.2. The fourth-order valence-electron chi connectivity index (χ4n) is 4.91. The van der Waals surface area contributed by atoms with Crippen molar-refractivity contribution in [3.05, 3.63) is 46.5 Å². The summed E-state index contributed by atoms with van der Waals surface area (Å²) in [5.41, 5.74) is 3.35. The topological polar surface area (TPSA) is 86.8 Å². The number of ether oxygens (including phenoxy) is 5. The Bertz CT molecular complexity index is 1190. The third kappa shape index (κ3) is 5.51. The Labute approximate surface area is 223 Å². The molecule has 4 rings (SSSR count). The van der Waals surface area contributed by atoms with Gasteiger partial charge in [0.15, 0.2) is 23.0 Å². The first-order valence-corrected chi connectivity index (χ1v) is 13.0. The van der Waals surface area contributed by atoms with Crippen molar-refractivity contribution in [2.75, 3.05) is 60.7 Å². The fraction of sp³-hybridized carbons (Fsp3) is 0.448. The van der Waals surface area contributed by atoms with Gasteiger partial charge in [0.25, 0.3) is 5.91 Å². The molecule has 0 N–H and O–H groups in total. The summed E-state index contributed by atoms with van der Waals surface area (Å²) in [5.74, 6) is 2.59. The van der Waals surface area contributed by atoms with Gasteiger partial charge in [-0.15, -0.1) is 0 Å². The summed E-state index contributed by atoms with van der Waals surface area (Å²) in [7, 11) is 4.56. The second kappa shape index (κ2) is 12.1. The highest BCUT2D eigenvalue weighted by molar-refractivity contribution is 5.99. The molecule has 1 aliphatic heterocycles. The maximum Gasteiger partial charge on any atom is 0.254 e. The number of carbonyl (C=O) groups excluding carboxylic acids is 2. The summed E-state index contributed by atoms with van der Waals surface area (Å²) in [6.07, 6.45) is 3.39. The summed E-state index contributed by atoms with van der Waals surface area (Å²) in [6.45, 7) is 6.80. The maximum absolute atomic E-state index is 13.4. The highest BCUT2D eigenvalue weighted by Crippen LogP contribution is 2.39. The minimum atomic E-state index is -0.143. The van der Waals surface area contributed by atoms with Crippen LogP contribution in [0.5, 0.6) is 28.7 Å². The lowest BCUT2D eigenvalue weighted by Crippen LogP contribution is -2.51. The largest absolute Gasteiger partial charge is 0.493 e. The van der Waals surface area contributed by atoms with Crippen LogP contribution in [0.15, 0.2) is 29.8 Å². The van der Waals surface area contributed by atoms with Crippen LogP contribution in [0.1, 0.15) is 41.8 Å². The Morgan fingerprint density at radius 2 is 1.26 bits per heavy atom. The molecule has 0 bridgehead atoms. The molecule has 0 unspecified atom stereocenters. The van der Waals surface area contributed by atoms with Crippen LogP contribution in [0.4, 0.5) is 0 Å². The molecular formula is C29H36N2O7. The quantitative estimate of drug-likeness (QED) is 0.493. The predicted molar refractivity (Wildman–Crippen MR) is 144 cm³/mol. The maximum atomic E-state index is 13.4. The molecule has 1 saturated heterocycles. The summed E-state index contributed by atoms with van der Waals surface area (Å²) < 4.78 is 27.7. The first-order chi connectivity index (χ1) is 18.4. The SMILES string of the molecule is CCOc1cc2c(cc1OCC)CCC(C(=O)N1CCN(C(=O)c3cc(OC)c(OC)c(OC)c3)CC1)=C2. The van der Waals surface area contributed by atoms with Gasteiger partial charge in [-0.2, -0.15) is 0 Å². The molecule has 2 aromatic carbocycles. The first-order valence-electron chi connectivity index (χ1n) is 13.0. The average molecular weight is 525 g/mol. The Balaban J connectivity index is 1.45.